The molecule has 26 heavy (non-hydrogen) atoms. The van der Waals surface area contributed by atoms with Crippen LogP contribution < -0.4 is 5.32 Å². The van der Waals surface area contributed by atoms with Crippen molar-refractivity contribution in [2.45, 2.75) is 38.6 Å². The first-order valence-corrected chi connectivity index (χ1v) is 8.94. The number of likely N-dealkylation sites (tertiary alicyclic amines) is 1. The van der Waals surface area contributed by atoms with Gasteiger partial charge in [-0.15, -0.1) is 0 Å². The van der Waals surface area contributed by atoms with Crippen molar-refractivity contribution in [3.63, 3.8) is 0 Å². The van der Waals surface area contributed by atoms with Gasteiger partial charge in [-0.2, -0.15) is 0 Å². The maximum atomic E-state index is 13.2. The van der Waals surface area contributed by atoms with E-state index in [1.54, 1.807) is 24.3 Å². The highest BCUT2D eigenvalue weighted by Gasteiger charge is 2.27. The number of rotatable bonds is 4. The molecule has 1 fully saturated rings. The van der Waals surface area contributed by atoms with Gasteiger partial charge >= 0.3 is 0 Å². The number of halogens is 1. The minimum atomic E-state index is -0.262. The number of carbonyl (C=O) groups excluding carboxylic acids is 2. The Morgan fingerprint density at radius 2 is 1.77 bits per heavy atom. The van der Waals surface area contributed by atoms with Gasteiger partial charge in [-0.1, -0.05) is 24.3 Å². The van der Waals surface area contributed by atoms with Crippen LogP contribution in [-0.4, -0.2) is 23.3 Å². The fraction of sp³-hybridized carbons (Fsp3) is 0.333. The second-order valence-electron chi connectivity index (χ2n) is 6.71. The summed E-state index contributed by atoms with van der Waals surface area (Å²) in [6.07, 6.45) is 3.28. The van der Waals surface area contributed by atoms with Gasteiger partial charge < -0.3 is 10.2 Å². The molecule has 1 N–H and O–H groups in total. The molecular formula is C21H23FN2O2. The number of nitrogens with one attached hydrogen (secondary N) is 1. The van der Waals surface area contributed by atoms with E-state index in [2.05, 4.69) is 5.32 Å². The average Bonchev–Trinajstić information content (AvgIpc) is 2.63. The predicted molar refractivity (Wildman–Crippen MR) is 99.2 cm³/mol. The van der Waals surface area contributed by atoms with E-state index in [-0.39, 0.29) is 23.7 Å². The van der Waals surface area contributed by atoms with Crippen molar-refractivity contribution >= 4 is 17.5 Å². The number of benzene rings is 2. The molecule has 0 spiro atoms. The quantitative estimate of drug-likeness (QED) is 0.899. The van der Waals surface area contributed by atoms with Crippen LogP contribution in [-0.2, 0) is 16.0 Å². The zero-order valence-corrected chi connectivity index (χ0v) is 14.9. The van der Waals surface area contributed by atoms with Crippen LogP contribution in [0.1, 0.15) is 43.4 Å². The number of nitrogens with zero attached hydrogens (tertiary/aromatic N) is 1. The fourth-order valence-corrected chi connectivity index (χ4v) is 3.45. The zero-order chi connectivity index (χ0) is 18.5. The first kappa shape index (κ1) is 18.1. The van der Waals surface area contributed by atoms with Gasteiger partial charge in [-0.25, -0.2) is 4.39 Å². The predicted octanol–water partition coefficient (Wildman–Crippen LogP) is 4.08. The molecule has 136 valence electrons. The van der Waals surface area contributed by atoms with Crippen LogP contribution in [0, 0.1) is 5.82 Å². The molecule has 5 heteroatoms. The fourth-order valence-electron chi connectivity index (χ4n) is 3.45. The molecule has 2 amide bonds. The Balaban J connectivity index is 1.70. The molecule has 1 atom stereocenters. The monoisotopic (exact) mass is 354 g/mol. The van der Waals surface area contributed by atoms with E-state index in [0.717, 1.165) is 42.6 Å². The van der Waals surface area contributed by atoms with E-state index in [1.165, 1.54) is 19.1 Å². The number of piperidine rings is 1. The van der Waals surface area contributed by atoms with Crippen molar-refractivity contribution in [1.82, 2.24) is 4.90 Å². The van der Waals surface area contributed by atoms with Crippen LogP contribution in [0.25, 0.3) is 0 Å². The summed E-state index contributed by atoms with van der Waals surface area (Å²) in [5.41, 5.74) is 2.61. The third-order valence-corrected chi connectivity index (χ3v) is 4.71. The van der Waals surface area contributed by atoms with Crippen molar-refractivity contribution in [3.05, 3.63) is 65.5 Å². The van der Waals surface area contributed by atoms with Gasteiger partial charge in [0.2, 0.25) is 11.8 Å². The number of carbonyl (C=O) groups is 2. The van der Waals surface area contributed by atoms with Crippen LogP contribution in [0.4, 0.5) is 10.1 Å². The van der Waals surface area contributed by atoms with Crippen molar-refractivity contribution in [2.75, 3.05) is 11.9 Å². The Bertz CT molecular complexity index is 772. The molecule has 0 unspecified atom stereocenters. The van der Waals surface area contributed by atoms with Gasteiger partial charge in [0.05, 0.1) is 12.5 Å². The Hall–Kier alpha value is -2.69. The molecule has 0 saturated carbocycles. The number of anilines is 1. The molecule has 0 aromatic heterocycles. The number of amides is 2. The summed E-state index contributed by atoms with van der Waals surface area (Å²) >= 11 is 0. The van der Waals surface area contributed by atoms with Crippen molar-refractivity contribution in [2.24, 2.45) is 0 Å². The van der Waals surface area contributed by atoms with Gasteiger partial charge in [0, 0.05) is 19.2 Å². The molecule has 4 nitrogen and oxygen atoms in total. The molecule has 1 aliphatic rings. The lowest BCUT2D eigenvalue weighted by atomic mass is 9.94. The van der Waals surface area contributed by atoms with Crippen molar-refractivity contribution in [1.29, 1.82) is 0 Å². The summed E-state index contributed by atoms with van der Waals surface area (Å²) < 4.78 is 13.2. The van der Waals surface area contributed by atoms with Gasteiger partial charge in [0.15, 0.2) is 0 Å². The Morgan fingerprint density at radius 3 is 2.42 bits per heavy atom. The van der Waals surface area contributed by atoms with Gasteiger partial charge in [0.1, 0.15) is 5.82 Å². The summed E-state index contributed by atoms with van der Waals surface area (Å²) in [4.78, 5) is 25.9. The lowest BCUT2D eigenvalue weighted by Crippen LogP contribution is -2.39. The Morgan fingerprint density at radius 1 is 1.08 bits per heavy atom. The van der Waals surface area contributed by atoms with Crippen LogP contribution in [0.2, 0.25) is 0 Å². The summed E-state index contributed by atoms with van der Waals surface area (Å²) in [5, 5.41) is 2.72. The Labute approximate surface area is 153 Å². The summed E-state index contributed by atoms with van der Waals surface area (Å²) in [7, 11) is 0. The number of hydrogen-bond acceptors (Lipinski definition) is 2. The van der Waals surface area contributed by atoms with E-state index in [1.807, 2.05) is 17.0 Å². The lowest BCUT2D eigenvalue weighted by Gasteiger charge is -2.36. The van der Waals surface area contributed by atoms with Crippen molar-refractivity contribution in [3.8, 4) is 0 Å². The SMILES string of the molecule is CC(=O)Nc1ccc(CC(=O)N2CCCC[C@H]2c2ccc(F)cc2)cc1. The molecule has 0 aliphatic carbocycles. The molecule has 0 bridgehead atoms. The molecule has 3 rings (SSSR count). The van der Waals surface area contributed by atoms with Crippen LogP contribution >= 0.6 is 0 Å². The van der Waals surface area contributed by atoms with Gasteiger partial charge in [-0.3, -0.25) is 9.59 Å². The first-order valence-electron chi connectivity index (χ1n) is 8.94. The molecule has 2 aromatic rings. The summed E-state index contributed by atoms with van der Waals surface area (Å²) in [6.45, 7) is 2.19. The van der Waals surface area contributed by atoms with E-state index in [9.17, 15) is 14.0 Å². The molecule has 1 heterocycles. The average molecular weight is 354 g/mol. The highest BCUT2D eigenvalue weighted by molar-refractivity contribution is 5.88. The van der Waals surface area contributed by atoms with Crippen LogP contribution in [0.5, 0.6) is 0 Å². The van der Waals surface area contributed by atoms with Crippen LogP contribution in [0.15, 0.2) is 48.5 Å². The highest BCUT2D eigenvalue weighted by Crippen LogP contribution is 2.31. The lowest BCUT2D eigenvalue weighted by molar-refractivity contribution is -0.134. The van der Waals surface area contributed by atoms with Crippen LogP contribution in [0.3, 0.4) is 0 Å². The van der Waals surface area contributed by atoms with Gasteiger partial charge in [0.25, 0.3) is 0 Å². The maximum Gasteiger partial charge on any atom is 0.227 e. The van der Waals surface area contributed by atoms with Gasteiger partial charge in [-0.05, 0) is 54.7 Å². The summed E-state index contributed by atoms with van der Waals surface area (Å²) in [5.74, 6) is -0.308. The van der Waals surface area contributed by atoms with E-state index < -0.39 is 0 Å². The third kappa shape index (κ3) is 4.48. The first-order chi connectivity index (χ1) is 12.5. The molecule has 2 aromatic carbocycles. The highest BCUT2D eigenvalue weighted by atomic mass is 19.1. The minimum absolute atomic E-state index is 0.00972. The number of hydrogen-bond donors (Lipinski definition) is 1. The largest absolute Gasteiger partial charge is 0.335 e. The normalized spacial score (nSPS) is 17.0. The van der Waals surface area contributed by atoms with E-state index in [4.69, 9.17) is 0 Å². The summed E-state index contributed by atoms with van der Waals surface area (Å²) in [6, 6.07) is 13.8. The molecule has 1 aliphatic heterocycles. The zero-order valence-electron chi connectivity index (χ0n) is 14.9. The van der Waals surface area contributed by atoms with E-state index in [0.29, 0.717) is 6.42 Å². The third-order valence-electron chi connectivity index (χ3n) is 4.71. The second kappa shape index (κ2) is 8.13. The second-order valence-corrected chi connectivity index (χ2v) is 6.71. The minimum Gasteiger partial charge on any atom is -0.335 e. The molecular weight excluding hydrogens is 331 g/mol. The maximum absolute atomic E-state index is 13.2. The molecule has 0 radical (unpaired) electrons. The topological polar surface area (TPSA) is 49.4 Å². The molecule has 1 saturated heterocycles. The van der Waals surface area contributed by atoms with Crippen molar-refractivity contribution < 1.29 is 14.0 Å². The van der Waals surface area contributed by atoms with E-state index >= 15 is 0 Å². The standard InChI is InChI=1S/C21H23FN2O2/c1-15(25)23-19-11-5-16(6-12-19)14-21(26)24-13-3-2-4-20(24)17-7-9-18(22)10-8-17/h5-12,20H,2-4,13-14H2,1H3,(H,23,25)/t20-/m0/s1. The Kier molecular flexibility index (Phi) is 5.66. The smallest absolute Gasteiger partial charge is 0.227 e.